The quantitative estimate of drug-likeness (QED) is 0.774. The van der Waals surface area contributed by atoms with E-state index in [9.17, 15) is 4.79 Å². The standard InChI is InChI=1S/C13H16N2O3/c1-4-17-12(16)8-18-13-10-7-9(2)15(3)11(10)5-6-14-13/h5-7H,4,8H2,1-3H3. The lowest BCUT2D eigenvalue weighted by atomic mass is 10.3. The molecule has 2 aromatic rings. The molecular formula is C13H16N2O3. The van der Waals surface area contributed by atoms with Gasteiger partial charge in [0.1, 0.15) is 0 Å². The first-order valence-electron chi connectivity index (χ1n) is 5.83. The first-order valence-corrected chi connectivity index (χ1v) is 5.83. The zero-order valence-electron chi connectivity index (χ0n) is 10.8. The average Bonchev–Trinajstić information content (AvgIpc) is 2.64. The average molecular weight is 248 g/mol. The van der Waals surface area contributed by atoms with Crippen LogP contribution in [0, 0.1) is 6.92 Å². The first-order chi connectivity index (χ1) is 8.63. The second-order valence-corrected chi connectivity index (χ2v) is 3.99. The normalized spacial score (nSPS) is 10.6. The molecule has 0 saturated carbocycles. The number of aryl methyl sites for hydroxylation is 2. The Hall–Kier alpha value is -2.04. The lowest BCUT2D eigenvalue weighted by Crippen LogP contribution is -2.15. The van der Waals surface area contributed by atoms with Gasteiger partial charge >= 0.3 is 5.97 Å². The van der Waals surface area contributed by atoms with Crippen molar-refractivity contribution >= 4 is 16.9 Å². The Morgan fingerprint density at radius 2 is 2.28 bits per heavy atom. The summed E-state index contributed by atoms with van der Waals surface area (Å²) in [5.74, 6) is 0.0770. The van der Waals surface area contributed by atoms with Crippen molar-refractivity contribution in [2.75, 3.05) is 13.2 Å². The van der Waals surface area contributed by atoms with Gasteiger partial charge in [0.05, 0.1) is 17.5 Å². The van der Waals surface area contributed by atoms with Crippen LogP contribution < -0.4 is 4.74 Å². The van der Waals surface area contributed by atoms with Crippen LogP contribution in [-0.4, -0.2) is 28.7 Å². The number of pyridine rings is 1. The van der Waals surface area contributed by atoms with Crippen LogP contribution in [0.25, 0.3) is 10.9 Å². The molecule has 96 valence electrons. The summed E-state index contributed by atoms with van der Waals surface area (Å²) in [5, 5.41) is 0.904. The molecule has 0 aliphatic heterocycles. The lowest BCUT2D eigenvalue weighted by molar-refractivity contribution is -0.145. The second-order valence-electron chi connectivity index (χ2n) is 3.99. The summed E-state index contributed by atoms with van der Waals surface area (Å²) in [6.07, 6.45) is 1.67. The minimum Gasteiger partial charge on any atom is -0.465 e. The smallest absolute Gasteiger partial charge is 0.344 e. The van der Waals surface area contributed by atoms with E-state index in [1.54, 1.807) is 13.1 Å². The van der Waals surface area contributed by atoms with Crippen LogP contribution in [0.15, 0.2) is 18.3 Å². The van der Waals surface area contributed by atoms with Crippen LogP contribution in [0.5, 0.6) is 5.88 Å². The van der Waals surface area contributed by atoms with Crippen LogP contribution in [0.2, 0.25) is 0 Å². The maximum atomic E-state index is 11.2. The van der Waals surface area contributed by atoms with E-state index in [0.29, 0.717) is 12.5 Å². The second kappa shape index (κ2) is 5.08. The third kappa shape index (κ3) is 2.30. The fourth-order valence-electron chi connectivity index (χ4n) is 1.81. The molecule has 5 heteroatoms. The van der Waals surface area contributed by atoms with E-state index >= 15 is 0 Å². The zero-order chi connectivity index (χ0) is 13.1. The number of aromatic nitrogens is 2. The Balaban J connectivity index is 2.23. The molecule has 0 unspecified atom stereocenters. The van der Waals surface area contributed by atoms with Crippen molar-refractivity contribution in [3.8, 4) is 5.88 Å². The van der Waals surface area contributed by atoms with Crippen LogP contribution in [0.1, 0.15) is 12.6 Å². The molecular weight excluding hydrogens is 232 g/mol. The largest absolute Gasteiger partial charge is 0.465 e. The van der Waals surface area contributed by atoms with Crippen LogP contribution in [0.3, 0.4) is 0 Å². The maximum absolute atomic E-state index is 11.2. The Bertz CT molecular complexity index is 575. The van der Waals surface area contributed by atoms with Gasteiger partial charge in [-0.1, -0.05) is 0 Å². The summed E-state index contributed by atoms with van der Waals surface area (Å²) in [6, 6.07) is 3.91. The highest BCUT2D eigenvalue weighted by molar-refractivity contribution is 5.86. The molecule has 0 aliphatic rings. The van der Waals surface area contributed by atoms with E-state index < -0.39 is 0 Å². The van der Waals surface area contributed by atoms with E-state index in [1.807, 2.05) is 30.7 Å². The van der Waals surface area contributed by atoms with Gasteiger partial charge < -0.3 is 14.0 Å². The molecule has 0 aromatic carbocycles. The number of esters is 1. The van der Waals surface area contributed by atoms with Crippen LogP contribution >= 0.6 is 0 Å². The molecule has 0 amide bonds. The number of rotatable bonds is 4. The predicted molar refractivity (Wildman–Crippen MR) is 67.6 cm³/mol. The zero-order valence-corrected chi connectivity index (χ0v) is 10.8. The fourth-order valence-corrected chi connectivity index (χ4v) is 1.81. The van der Waals surface area contributed by atoms with Gasteiger partial charge in [0.2, 0.25) is 5.88 Å². The van der Waals surface area contributed by atoms with Crippen molar-refractivity contribution in [2.24, 2.45) is 7.05 Å². The number of fused-ring (bicyclic) bond motifs is 1. The van der Waals surface area contributed by atoms with Crippen LogP contribution in [0.4, 0.5) is 0 Å². The Kier molecular flexibility index (Phi) is 3.50. The number of carbonyl (C=O) groups excluding carboxylic acids is 1. The van der Waals surface area contributed by atoms with Gasteiger partial charge in [-0.2, -0.15) is 0 Å². The van der Waals surface area contributed by atoms with Crippen molar-refractivity contribution < 1.29 is 14.3 Å². The van der Waals surface area contributed by atoms with Crippen molar-refractivity contribution in [3.63, 3.8) is 0 Å². The summed E-state index contributed by atoms with van der Waals surface area (Å²) in [4.78, 5) is 15.4. The molecule has 2 aromatic heterocycles. The number of hydrogen-bond donors (Lipinski definition) is 0. The number of ether oxygens (including phenoxy) is 2. The van der Waals surface area contributed by atoms with E-state index in [0.717, 1.165) is 16.6 Å². The third-order valence-corrected chi connectivity index (χ3v) is 2.81. The SMILES string of the molecule is CCOC(=O)COc1nccc2c1cc(C)n2C. The Morgan fingerprint density at radius 1 is 1.50 bits per heavy atom. The highest BCUT2D eigenvalue weighted by atomic mass is 16.6. The Labute approximate surface area is 105 Å². The van der Waals surface area contributed by atoms with Crippen molar-refractivity contribution in [2.45, 2.75) is 13.8 Å². The highest BCUT2D eigenvalue weighted by Gasteiger charge is 2.10. The van der Waals surface area contributed by atoms with Gasteiger partial charge in [0.15, 0.2) is 6.61 Å². The van der Waals surface area contributed by atoms with Crippen molar-refractivity contribution in [1.29, 1.82) is 0 Å². The number of hydrogen-bond acceptors (Lipinski definition) is 4. The van der Waals surface area contributed by atoms with Crippen molar-refractivity contribution in [1.82, 2.24) is 9.55 Å². The number of nitrogens with zero attached hydrogens (tertiary/aromatic N) is 2. The summed E-state index contributed by atoms with van der Waals surface area (Å²) in [7, 11) is 1.98. The molecule has 0 bridgehead atoms. The van der Waals surface area contributed by atoms with Gasteiger partial charge in [-0.25, -0.2) is 9.78 Å². The topological polar surface area (TPSA) is 53.4 Å². The van der Waals surface area contributed by atoms with Gasteiger partial charge in [0, 0.05) is 18.9 Å². The van der Waals surface area contributed by atoms with Crippen LogP contribution in [-0.2, 0) is 16.6 Å². The molecule has 0 radical (unpaired) electrons. The predicted octanol–water partition coefficient (Wildman–Crippen LogP) is 1.82. The van der Waals surface area contributed by atoms with E-state index in [4.69, 9.17) is 9.47 Å². The molecule has 0 fully saturated rings. The van der Waals surface area contributed by atoms with Gasteiger partial charge in [0.25, 0.3) is 0 Å². The highest BCUT2D eigenvalue weighted by Crippen LogP contribution is 2.25. The summed E-state index contributed by atoms with van der Waals surface area (Å²) in [5.41, 5.74) is 2.14. The molecule has 0 N–H and O–H groups in total. The molecule has 0 saturated heterocycles. The monoisotopic (exact) mass is 248 g/mol. The number of carbonyl (C=O) groups is 1. The Morgan fingerprint density at radius 3 is 3.00 bits per heavy atom. The van der Waals surface area contributed by atoms with E-state index in [-0.39, 0.29) is 12.6 Å². The summed E-state index contributed by atoms with van der Waals surface area (Å²) in [6.45, 7) is 4.00. The van der Waals surface area contributed by atoms with Crippen molar-refractivity contribution in [3.05, 3.63) is 24.0 Å². The summed E-state index contributed by atoms with van der Waals surface area (Å²) >= 11 is 0. The fraction of sp³-hybridized carbons (Fsp3) is 0.385. The van der Waals surface area contributed by atoms with E-state index in [1.165, 1.54) is 0 Å². The first kappa shape index (κ1) is 12.4. The minimum atomic E-state index is -0.385. The minimum absolute atomic E-state index is 0.117. The maximum Gasteiger partial charge on any atom is 0.344 e. The molecule has 5 nitrogen and oxygen atoms in total. The van der Waals surface area contributed by atoms with Gasteiger partial charge in [-0.15, -0.1) is 0 Å². The van der Waals surface area contributed by atoms with E-state index in [2.05, 4.69) is 4.98 Å². The molecule has 2 heterocycles. The summed E-state index contributed by atoms with van der Waals surface area (Å²) < 4.78 is 12.3. The van der Waals surface area contributed by atoms with Gasteiger partial charge in [-0.05, 0) is 26.0 Å². The molecule has 0 aliphatic carbocycles. The lowest BCUT2D eigenvalue weighted by Gasteiger charge is -2.06. The molecule has 2 rings (SSSR count). The molecule has 0 atom stereocenters. The third-order valence-electron chi connectivity index (χ3n) is 2.81. The van der Waals surface area contributed by atoms with Gasteiger partial charge in [-0.3, -0.25) is 0 Å². The molecule has 18 heavy (non-hydrogen) atoms. The molecule has 0 spiro atoms.